The predicted octanol–water partition coefficient (Wildman–Crippen LogP) is 3.85. The number of para-hydroxylation sites is 1. The van der Waals surface area contributed by atoms with Crippen molar-refractivity contribution in [3.05, 3.63) is 75.3 Å². The van der Waals surface area contributed by atoms with Crippen LogP contribution in [-0.2, 0) is 4.79 Å². The molecule has 0 bridgehead atoms. The van der Waals surface area contributed by atoms with Crippen molar-refractivity contribution in [3.8, 4) is 0 Å². The van der Waals surface area contributed by atoms with E-state index in [1.54, 1.807) is 18.3 Å². The lowest BCUT2D eigenvalue weighted by Gasteiger charge is -2.11. The van der Waals surface area contributed by atoms with Gasteiger partial charge < -0.3 is 10.6 Å². The number of alkyl halides is 3. The molecule has 10 heteroatoms. The molecule has 0 spiro atoms. The Morgan fingerprint density at radius 2 is 1.86 bits per heavy atom. The molecule has 0 aliphatic rings. The summed E-state index contributed by atoms with van der Waals surface area (Å²) in [6.07, 6.45) is -2.19. The number of nitrogens with zero attached hydrogens (tertiary/aromatic N) is 1. The number of benzene rings is 2. The van der Waals surface area contributed by atoms with E-state index >= 15 is 0 Å². The second-order valence-electron chi connectivity index (χ2n) is 5.97. The van der Waals surface area contributed by atoms with Crippen molar-refractivity contribution in [1.82, 2.24) is 5.32 Å². The van der Waals surface area contributed by atoms with Gasteiger partial charge in [0.15, 0.2) is 0 Å². The molecule has 0 aliphatic carbocycles. The van der Waals surface area contributed by atoms with Crippen molar-refractivity contribution in [3.63, 3.8) is 0 Å². The number of nitro groups is 1. The van der Waals surface area contributed by atoms with Gasteiger partial charge in [0, 0.05) is 23.4 Å². The minimum absolute atomic E-state index is 0.0576. The predicted molar refractivity (Wildman–Crippen MR) is 100 cm³/mol. The number of hydrogen-bond acceptors (Lipinski definition) is 4. The average molecular weight is 407 g/mol. The van der Waals surface area contributed by atoms with Gasteiger partial charge in [-0.3, -0.25) is 19.7 Å². The first kappa shape index (κ1) is 21.6. The molecule has 0 saturated heterocycles. The minimum Gasteiger partial charge on any atom is -0.343 e. The van der Waals surface area contributed by atoms with Crippen molar-refractivity contribution in [1.29, 1.82) is 0 Å². The zero-order valence-corrected chi connectivity index (χ0v) is 15.1. The number of hydrogen-bond donors (Lipinski definition) is 2. The monoisotopic (exact) mass is 407 g/mol. The van der Waals surface area contributed by atoms with Crippen molar-refractivity contribution in [2.75, 3.05) is 11.9 Å². The van der Waals surface area contributed by atoms with Gasteiger partial charge in [0.1, 0.15) is 6.54 Å². The van der Waals surface area contributed by atoms with Gasteiger partial charge in [-0.15, -0.1) is 0 Å². The van der Waals surface area contributed by atoms with Crippen molar-refractivity contribution in [2.45, 2.75) is 13.1 Å². The average Bonchev–Trinajstić information content (AvgIpc) is 2.65. The first-order valence-electron chi connectivity index (χ1n) is 8.25. The fourth-order valence-electron chi connectivity index (χ4n) is 2.32. The molecule has 2 rings (SSSR count). The zero-order valence-electron chi connectivity index (χ0n) is 15.1. The van der Waals surface area contributed by atoms with E-state index < -0.39 is 29.5 Å². The normalized spacial score (nSPS) is 11.3. The molecule has 0 aliphatic heterocycles. The lowest BCUT2D eigenvalue weighted by molar-refractivity contribution is -0.385. The number of anilines is 1. The molecular weight excluding hydrogens is 391 g/mol. The van der Waals surface area contributed by atoms with Gasteiger partial charge in [0.05, 0.1) is 10.5 Å². The highest BCUT2D eigenvalue weighted by molar-refractivity contribution is 6.03. The Kier molecular flexibility index (Phi) is 6.71. The molecular formula is C19H16F3N3O4. The summed E-state index contributed by atoms with van der Waals surface area (Å²) in [5.41, 5.74) is 0.797. The van der Waals surface area contributed by atoms with Gasteiger partial charge in [0.2, 0.25) is 5.91 Å². The number of rotatable bonds is 6. The third-order valence-corrected chi connectivity index (χ3v) is 3.75. The molecule has 0 unspecified atom stereocenters. The van der Waals surface area contributed by atoms with E-state index in [9.17, 15) is 32.9 Å². The third kappa shape index (κ3) is 6.45. The standard InChI is InChI=1S/C19H16F3N3O4/c1-12-6-7-14(18(27)23-11-19(20,21)22)10-15(12)24-17(26)9-8-13-4-2-3-5-16(13)25(28)29/h2-10H,11H2,1H3,(H,23,27)(H,24,26)/b9-8+. The van der Waals surface area contributed by atoms with E-state index in [-0.39, 0.29) is 22.5 Å². The number of nitrogens with one attached hydrogen (secondary N) is 2. The summed E-state index contributed by atoms with van der Waals surface area (Å²) in [6.45, 7) is 0.165. The summed E-state index contributed by atoms with van der Waals surface area (Å²) < 4.78 is 36.7. The first-order chi connectivity index (χ1) is 13.6. The summed E-state index contributed by atoms with van der Waals surface area (Å²) in [5, 5.41) is 15.2. The molecule has 2 aromatic carbocycles. The van der Waals surface area contributed by atoms with E-state index in [1.807, 2.05) is 0 Å². The van der Waals surface area contributed by atoms with Crippen molar-refractivity contribution < 1.29 is 27.7 Å². The fourth-order valence-corrected chi connectivity index (χ4v) is 2.32. The highest BCUT2D eigenvalue weighted by Crippen LogP contribution is 2.20. The maximum atomic E-state index is 12.2. The van der Waals surface area contributed by atoms with Gasteiger partial charge in [-0.25, -0.2) is 0 Å². The van der Waals surface area contributed by atoms with Crippen LogP contribution in [0.4, 0.5) is 24.5 Å². The number of halogens is 3. The van der Waals surface area contributed by atoms with Crippen molar-refractivity contribution >= 4 is 29.3 Å². The maximum Gasteiger partial charge on any atom is 0.405 e. The molecule has 0 saturated carbocycles. The molecule has 0 fully saturated rings. The van der Waals surface area contributed by atoms with E-state index in [0.717, 1.165) is 6.08 Å². The zero-order chi connectivity index (χ0) is 21.6. The van der Waals surface area contributed by atoms with E-state index in [1.165, 1.54) is 42.5 Å². The SMILES string of the molecule is Cc1ccc(C(=O)NCC(F)(F)F)cc1NC(=O)/C=C/c1ccccc1[N+](=O)[O-]. The van der Waals surface area contributed by atoms with Gasteiger partial charge in [-0.2, -0.15) is 13.2 Å². The van der Waals surface area contributed by atoms with Crippen LogP contribution in [0, 0.1) is 17.0 Å². The molecule has 0 atom stereocenters. The Balaban J connectivity index is 2.12. The minimum atomic E-state index is -4.54. The Morgan fingerprint density at radius 1 is 1.17 bits per heavy atom. The lowest BCUT2D eigenvalue weighted by Crippen LogP contribution is -2.33. The molecule has 7 nitrogen and oxygen atoms in total. The molecule has 2 aromatic rings. The molecule has 0 aromatic heterocycles. The van der Waals surface area contributed by atoms with Crippen LogP contribution in [-0.4, -0.2) is 29.5 Å². The second-order valence-corrected chi connectivity index (χ2v) is 5.97. The van der Waals surface area contributed by atoms with Gasteiger partial charge in [0.25, 0.3) is 11.6 Å². The summed E-state index contributed by atoms with van der Waals surface area (Å²) in [4.78, 5) is 34.4. The summed E-state index contributed by atoms with van der Waals surface area (Å²) in [5.74, 6) is -1.56. The van der Waals surface area contributed by atoms with Crippen LogP contribution < -0.4 is 10.6 Å². The Labute approximate surface area is 163 Å². The third-order valence-electron chi connectivity index (χ3n) is 3.75. The molecule has 2 N–H and O–H groups in total. The lowest BCUT2D eigenvalue weighted by atomic mass is 10.1. The number of carbonyl (C=O) groups is 2. The van der Waals surface area contributed by atoms with Crippen LogP contribution in [0.5, 0.6) is 0 Å². The topological polar surface area (TPSA) is 101 Å². The number of nitro benzene ring substituents is 1. The van der Waals surface area contributed by atoms with Crippen LogP contribution in [0.25, 0.3) is 6.08 Å². The maximum absolute atomic E-state index is 12.2. The van der Waals surface area contributed by atoms with E-state index in [2.05, 4.69) is 5.32 Å². The number of carbonyl (C=O) groups excluding carboxylic acids is 2. The number of amides is 2. The first-order valence-corrected chi connectivity index (χ1v) is 8.25. The van der Waals surface area contributed by atoms with Crippen LogP contribution in [0.15, 0.2) is 48.5 Å². The van der Waals surface area contributed by atoms with Gasteiger partial charge in [-0.1, -0.05) is 18.2 Å². The Hall–Kier alpha value is -3.69. The van der Waals surface area contributed by atoms with Crippen LogP contribution >= 0.6 is 0 Å². The second kappa shape index (κ2) is 9.00. The van der Waals surface area contributed by atoms with Gasteiger partial charge >= 0.3 is 6.18 Å². The molecule has 2 amide bonds. The smallest absolute Gasteiger partial charge is 0.343 e. The summed E-state index contributed by atoms with van der Waals surface area (Å²) in [7, 11) is 0. The fraction of sp³-hybridized carbons (Fsp3) is 0.158. The molecule has 29 heavy (non-hydrogen) atoms. The van der Waals surface area contributed by atoms with E-state index in [0.29, 0.717) is 5.56 Å². The molecule has 152 valence electrons. The quantitative estimate of drug-likeness (QED) is 0.431. The van der Waals surface area contributed by atoms with Crippen molar-refractivity contribution in [2.24, 2.45) is 0 Å². The summed E-state index contributed by atoms with van der Waals surface area (Å²) >= 11 is 0. The summed E-state index contributed by atoms with van der Waals surface area (Å²) in [6, 6.07) is 9.90. The molecule has 0 radical (unpaired) electrons. The Bertz CT molecular complexity index is 971. The number of aryl methyl sites for hydroxylation is 1. The van der Waals surface area contributed by atoms with Crippen LogP contribution in [0.1, 0.15) is 21.5 Å². The largest absolute Gasteiger partial charge is 0.405 e. The highest BCUT2D eigenvalue weighted by atomic mass is 19.4. The van der Waals surface area contributed by atoms with E-state index in [4.69, 9.17) is 0 Å². The highest BCUT2D eigenvalue weighted by Gasteiger charge is 2.28. The van der Waals surface area contributed by atoms with Gasteiger partial charge in [-0.05, 0) is 36.8 Å². The van der Waals surface area contributed by atoms with Crippen LogP contribution in [0.3, 0.4) is 0 Å². The Morgan fingerprint density at radius 3 is 2.52 bits per heavy atom. The van der Waals surface area contributed by atoms with Crippen LogP contribution in [0.2, 0.25) is 0 Å². The molecule has 0 heterocycles.